The lowest BCUT2D eigenvalue weighted by molar-refractivity contribution is -0.143. The maximum absolute atomic E-state index is 12.6. The van der Waals surface area contributed by atoms with Crippen LogP contribution in [0.4, 0.5) is 0 Å². The number of aliphatic hydroxyl groups excluding tert-OH is 2. The van der Waals surface area contributed by atoms with Gasteiger partial charge in [-0.1, -0.05) is 431 Å². The SMILES string of the molecule is CCCCCCCCCCCCCCCCCCCCC(O)C(CO)NC(=O)CCCCCCCCCCCCCCCCCCC/C=C\CCCCCCCCCCCCCCCCCCOC(=O)CCCCCCCCCCCCCCCCCCC. The van der Waals surface area contributed by atoms with Crippen LogP contribution in [0, 0.1) is 0 Å². The van der Waals surface area contributed by atoms with E-state index in [0.717, 1.165) is 38.5 Å². The molecule has 0 radical (unpaired) electrons. The summed E-state index contributed by atoms with van der Waals surface area (Å²) in [6, 6.07) is -0.538. The molecule has 1 amide bonds. The summed E-state index contributed by atoms with van der Waals surface area (Å²) in [5.41, 5.74) is 0. The topological polar surface area (TPSA) is 95.9 Å². The number of esters is 1. The molecule has 530 valence electrons. The number of aliphatic hydroxyl groups is 2. The molecule has 0 spiro atoms. The van der Waals surface area contributed by atoms with Crippen LogP contribution in [0.5, 0.6) is 0 Å². The van der Waals surface area contributed by atoms with Gasteiger partial charge in [0.25, 0.3) is 0 Å². The number of carbonyl (C=O) groups excluding carboxylic acids is 2. The average molecular weight is 1260 g/mol. The highest BCUT2D eigenvalue weighted by Crippen LogP contribution is 2.21. The zero-order valence-electron chi connectivity index (χ0n) is 61.0. The summed E-state index contributed by atoms with van der Waals surface area (Å²) in [6.45, 7) is 5.02. The minimum atomic E-state index is -0.661. The molecule has 0 aromatic carbocycles. The molecule has 89 heavy (non-hydrogen) atoms. The first-order chi connectivity index (χ1) is 44.0. The molecule has 0 aromatic heterocycles. The Labute approximate surface area is 559 Å². The van der Waals surface area contributed by atoms with Gasteiger partial charge in [-0.05, 0) is 51.4 Å². The maximum atomic E-state index is 12.6. The molecule has 0 aromatic rings. The number of ether oxygens (including phenoxy) is 1. The van der Waals surface area contributed by atoms with Crippen LogP contribution in [0.25, 0.3) is 0 Å². The van der Waals surface area contributed by atoms with Crippen molar-refractivity contribution < 1.29 is 24.5 Å². The third-order valence-corrected chi connectivity index (χ3v) is 19.8. The molecule has 0 aliphatic rings. The van der Waals surface area contributed by atoms with Crippen molar-refractivity contribution >= 4 is 11.9 Å². The molecular weight excluding hydrogens is 1090 g/mol. The van der Waals surface area contributed by atoms with Gasteiger partial charge in [0.15, 0.2) is 0 Å². The van der Waals surface area contributed by atoms with Crippen molar-refractivity contribution in [2.45, 2.75) is 495 Å². The van der Waals surface area contributed by atoms with Gasteiger partial charge in [-0.15, -0.1) is 0 Å². The maximum Gasteiger partial charge on any atom is 0.305 e. The molecule has 2 unspecified atom stereocenters. The van der Waals surface area contributed by atoms with Crippen LogP contribution in [0.3, 0.4) is 0 Å². The Morgan fingerprint density at radius 2 is 0.528 bits per heavy atom. The van der Waals surface area contributed by atoms with E-state index in [-0.39, 0.29) is 18.5 Å². The summed E-state index contributed by atoms with van der Waals surface area (Å²) in [6.07, 6.45) is 100. The summed E-state index contributed by atoms with van der Waals surface area (Å²) in [5.74, 6) is 0.000885. The van der Waals surface area contributed by atoms with Crippen LogP contribution in [-0.4, -0.2) is 47.4 Å². The Kier molecular flexibility index (Phi) is 77.8. The predicted molar refractivity (Wildman–Crippen MR) is 394 cm³/mol. The fourth-order valence-corrected chi connectivity index (χ4v) is 13.5. The summed E-state index contributed by atoms with van der Waals surface area (Å²) < 4.78 is 5.52. The Hall–Kier alpha value is -1.40. The summed E-state index contributed by atoms with van der Waals surface area (Å²) >= 11 is 0. The highest BCUT2D eigenvalue weighted by molar-refractivity contribution is 5.76. The average Bonchev–Trinajstić information content (AvgIpc) is 3.57. The van der Waals surface area contributed by atoms with Crippen molar-refractivity contribution in [2.75, 3.05) is 13.2 Å². The number of carbonyl (C=O) groups is 2. The number of amides is 1. The smallest absolute Gasteiger partial charge is 0.305 e. The Balaban J connectivity index is 3.31. The van der Waals surface area contributed by atoms with Crippen molar-refractivity contribution in [1.29, 1.82) is 0 Å². The van der Waals surface area contributed by atoms with Gasteiger partial charge in [0.1, 0.15) is 0 Å². The van der Waals surface area contributed by atoms with E-state index in [2.05, 4.69) is 31.3 Å². The molecule has 0 aliphatic carbocycles. The van der Waals surface area contributed by atoms with Crippen molar-refractivity contribution in [2.24, 2.45) is 0 Å². The Bertz CT molecular complexity index is 1350. The molecule has 0 bridgehead atoms. The first-order valence-electron chi connectivity index (χ1n) is 41.4. The molecule has 3 N–H and O–H groups in total. The van der Waals surface area contributed by atoms with Gasteiger partial charge >= 0.3 is 5.97 Å². The van der Waals surface area contributed by atoms with Crippen LogP contribution in [0.1, 0.15) is 483 Å². The normalized spacial score (nSPS) is 12.4. The van der Waals surface area contributed by atoms with E-state index in [1.165, 1.54) is 411 Å². The van der Waals surface area contributed by atoms with Crippen molar-refractivity contribution in [3.05, 3.63) is 12.2 Å². The molecule has 6 heteroatoms. The van der Waals surface area contributed by atoms with E-state index in [1.54, 1.807) is 0 Å². The molecule has 0 heterocycles. The van der Waals surface area contributed by atoms with Gasteiger partial charge in [-0.25, -0.2) is 0 Å². The number of nitrogens with one attached hydrogen (secondary N) is 1. The van der Waals surface area contributed by atoms with Crippen LogP contribution in [0.2, 0.25) is 0 Å². The van der Waals surface area contributed by atoms with Crippen molar-refractivity contribution in [3.63, 3.8) is 0 Å². The molecular formula is C83H163NO5. The second-order valence-electron chi connectivity index (χ2n) is 28.8. The van der Waals surface area contributed by atoms with Crippen LogP contribution in [0.15, 0.2) is 12.2 Å². The minimum absolute atomic E-state index is 0.0259. The van der Waals surface area contributed by atoms with Gasteiger partial charge in [0.05, 0.1) is 25.4 Å². The van der Waals surface area contributed by atoms with Gasteiger partial charge in [0, 0.05) is 12.8 Å². The highest BCUT2D eigenvalue weighted by Gasteiger charge is 2.20. The standard InChI is InChI=1S/C83H163NO5/c1-3-5-7-9-11-13-15-17-19-21-44-47-51-55-59-63-67-71-75-81(86)80(79-85)84-82(87)76-72-68-64-60-56-52-48-45-41-39-37-35-33-31-29-27-25-23-22-24-26-28-30-32-34-36-38-40-42-46-50-54-58-62-66-70-74-78-89-83(88)77-73-69-65-61-57-53-49-43-20-18-16-14-12-10-8-6-4-2/h22,24,80-81,85-86H,3-21,23,25-79H2,1-2H3,(H,84,87)/b24-22-. The minimum Gasteiger partial charge on any atom is -0.466 e. The van der Waals surface area contributed by atoms with E-state index in [9.17, 15) is 19.8 Å². The summed E-state index contributed by atoms with van der Waals surface area (Å²) in [5, 5.41) is 23.4. The van der Waals surface area contributed by atoms with Crippen molar-refractivity contribution in [1.82, 2.24) is 5.32 Å². The number of rotatable bonds is 79. The zero-order chi connectivity index (χ0) is 64.2. The Morgan fingerprint density at radius 3 is 0.798 bits per heavy atom. The van der Waals surface area contributed by atoms with Gasteiger partial charge in [-0.2, -0.15) is 0 Å². The lowest BCUT2D eigenvalue weighted by Crippen LogP contribution is -2.45. The fourth-order valence-electron chi connectivity index (χ4n) is 13.5. The van der Waals surface area contributed by atoms with E-state index in [0.29, 0.717) is 25.9 Å². The lowest BCUT2D eigenvalue weighted by Gasteiger charge is -2.22. The number of allylic oxidation sites excluding steroid dienone is 2. The Morgan fingerprint density at radius 1 is 0.303 bits per heavy atom. The van der Waals surface area contributed by atoms with Crippen molar-refractivity contribution in [3.8, 4) is 0 Å². The molecule has 0 saturated carbocycles. The quantitative estimate of drug-likeness (QED) is 0.0320. The van der Waals surface area contributed by atoms with Gasteiger partial charge in [-0.3, -0.25) is 9.59 Å². The number of unbranched alkanes of at least 4 members (excludes halogenated alkanes) is 66. The van der Waals surface area contributed by atoms with Gasteiger partial charge in [0.2, 0.25) is 5.91 Å². The van der Waals surface area contributed by atoms with E-state index >= 15 is 0 Å². The largest absolute Gasteiger partial charge is 0.466 e. The highest BCUT2D eigenvalue weighted by atomic mass is 16.5. The number of hydrogen-bond acceptors (Lipinski definition) is 5. The monoisotopic (exact) mass is 1250 g/mol. The third-order valence-electron chi connectivity index (χ3n) is 19.8. The van der Waals surface area contributed by atoms with Crippen LogP contribution in [-0.2, 0) is 14.3 Å². The van der Waals surface area contributed by atoms with Crippen LogP contribution >= 0.6 is 0 Å². The van der Waals surface area contributed by atoms with E-state index in [1.807, 2.05) is 0 Å². The molecule has 0 saturated heterocycles. The first kappa shape index (κ1) is 87.6. The molecule has 0 fully saturated rings. The first-order valence-corrected chi connectivity index (χ1v) is 41.4. The third kappa shape index (κ3) is 75.5. The molecule has 2 atom stereocenters. The second kappa shape index (κ2) is 79.0. The zero-order valence-corrected chi connectivity index (χ0v) is 61.0. The summed E-state index contributed by atoms with van der Waals surface area (Å²) in [4.78, 5) is 24.7. The van der Waals surface area contributed by atoms with Crippen LogP contribution < -0.4 is 5.32 Å². The fraction of sp³-hybridized carbons (Fsp3) is 0.952. The van der Waals surface area contributed by atoms with E-state index < -0.39 is 12.1 Å². The lowest BCUT2D eigenvalue weighted by atomic mass is 10.0. The predicted octanol–water partition coefficient (Wildman–Crippen LogP) is 27.4. The van der Waals surface area contributed by atoms with Gasteiger partial charge < -0.3 is 20.3 Å². The van der Waals surface area contributed by atoms with E-state index in [4.69, 9.17) is 4.74 Å². The molecule has 6 nitrogen and oxygen atoms in total. The molecule has 0 aliphatic heterocycles. The summed E-state index contributed by atoms with van der Waals surface area (Å²) in [7, 11) is 0. The molecule has 0 rings (SSSR count). The second-order valence-corrected chi connectivity index (χ2v) is 28.8. The number of hydrogen-bond donors (Lipinski definition) is 3.